The quantitative estimate of drug-likeness (QED) is 0.0233. The number of aromatic hydroxyl groups is 3. The molecule has 18 atom stereocenters. The summed E-state index contributed by atoms with van der Waals surface area (Å²) in [5.41, 5.74) is 3.75. The Bertz CT molecular complexity index is 5400. The molecule has 21 N–H and O–H groups in total. The number of carbonyl (C=O) groups is 9. The number of likely N-dealkylation sites (N-methyl/N-ethyl adjacent to an activating group) is 1. The van der Waals surface area contributed by atoms with Crippen molar-refractivity contribution in [1.82, 2.24) is 57.6 Å². The van der Waals surface area contributed by atoms with Crippen LogP contribution in [-0.2, 0) is 73.5 Å². The summed E-state index contributed by atoms with van der Waals surface area (Å²) >= 11 is 20.4. The minimum Gasteiger partial charge on any atom is -0.508 e. The van der Waals surface area contributed by atoms with Gasteiger partial charge in [-0.15, -0.1) is 0 Å². The van der Waals surface area contributed by atoms with Crippen molar-refractivity contribution in [3.05, 3.63) is 180 Å². The molecule has 0 unspecified atom stereocenters. The first-order valence-corrected chi connectivity index (χ1v) is 41.0. The average molecular weight is 1820 g/mol. The normalized spacial score (nSPS) is 25.8. The van der Waals surface area contributed by atoms with E-state index in [2.05, 4.69) is 58.3 Å². The summed E-state index contributed by atoms with van der Waals surface area (Å²) in [7, 11) is 2.80. The Morgan fingerprint density at radius 2 is 1.38 bits per heavy atom. The van der Waals surface area contributed by atoms with Crippen molar-refractivity contribution < 1.29 is 127 Å². The number of nitrogens with two attached hydrogens (primary N) is 1. The van der Waals surface area contributed by atoms with Gasteiger partial charge >= 0.3 is 5.69 Å². The molecule has 127 heavy (non-hydrogen) atoms. The fourth-order valence-electron chi connectivity index (χ4n) is 15.0. The highest BCUT2D eigenvalue weighted by molar-refractivity contribution is 6.32. The van der Waals surface area contributed by atoms with Crippen LogP contribution in [0.15, 0.2) is 126 Å². The van der Waals surface area contributed by atoms with E-state index in [1.54, 1.807) is 31.2 Å². The zero-order valence-corrected chi connectivity index (χ0v) is 70.9. The Hall–Kier alpha value is -11.7. The molecule has 7 aliphatic heterocycles. The van der Waals surface area contributed by atoms with E-state index >= 15 is 24.0 Å². The second-order valence-corrected chi connectivity index (χ2v) is 32.4. The van der Waals surface area contributed by atoms with E-state index in [0.717, 1.165) is 66.7 Å². The Labute approximate surface area is 738 Å². The number of anilines is 1. The summed E-state index contributed by atoms with van der Waals surface area (Å²) < 4.78 is 45.7. The van der Waals surface area contributed by atoms with Crippen LogP contribution in [0.5, 0.6) is 46.0 Å². The monoisotopic (exact) mass is 1820 g/mol. The van der Waals surface area contributed by atoms with Gasteiger partial charge in [0.05, 0.1) is 54.5 Å². The largest absolute Gasteiger partial charge is 0.508 e. The third kappa shape index (κ3) is 22.1. The van der Waals surface area contributed by atoms with Gasteiger partial charge in [-0.1, -0.05) is 79.0 Å². The highest BCUT2D eigenvalue weighted by Gasteiger charge is 2.52. The van der Waals surface area contributed by atoms with Crippen molar-refractivity contribution in [3.8, 4) is 57.1 Å². The zero-order chi connectivity index (χ0) is 91.7. The number of hydroxylamine groups is 1. The number of aromatic nitrogens is 2. The standard InChI is InChI=1S/C84H94Cl3N13O27/c1-36(2)25-49(89-5)75(112)97-66-68(107)40-11-16-53(47(86)27-40)123-55-29-42-30-56(72(55)127-82-73(71(110)70(109)57(35-101)125-82)126-61-34-84(4,74(111)37(3)122-61)90-20-22-100-21-19-59(93-83(100)119)92-60(106)18-9-38-7-13-43(85)14-8-38)124-54-17-12-41(28-48(54)87)69(108)67-80(117)96-65(81(118)99-121-24-23-120-6)46-31-44(102)32-52(104)62(46)45-26-39(10-15-51(45)103)63(77(114)98-67)95-78(115)64(42)94-76(113)50(33-58(88)105)91-79(66)116/h7-19,21,26-32,36-37,49-50,57,61,63-71,73-74,82,89-90,101-104,107-111H,20,22-25,33-35H2,1-6H3,(H2,88,105)(H,91,116)(H,94,113)(H,95,115)(H,96,117)(H,97,112)(H,98,114)(H,99,118)(H,92,93,106,119)/b18-9+/t37-,49+,50-,57+,61-,63+,64+,65+,66+,67-,68+,69+,70+,71-,73+,74+,82-,84-/m0/s1. The first-order valence-electron chi connectivity index (χ1n) is 39.8. The number of nitrogens with zero attached hydrogens (tertiary/aromatic N) is 2. The molecule has 0 saturated carbocycles. The highest BCUT2D eigenvalue weighted by Crippen LogP contribution is 2.50. The van der Waals surface area contributed by atoms with Gasteiger partial charge < -0.3 is 133 Å². The molecule has 43 heteroatoms. The van der Waals surface area contributed by atoms with E-state index < -0.39 is 254 Å². The van der Waals surface area contributed by atoms with Crippen LogP contribution in [0.3, 0.4) is 0 Å². The highest BCUT2D eigenvalue weighted by atomic mass is 35.5. The third-order valence-electron chi connectivity index (χ3n) is 21.6. The Balaban J connectivity index is 0.997. The van der Waals surface area contributed by atoms with Crippen molar-refractivity contribution in [2.24, 2.45) is 11.7 Å². The number of aliphatic hydroxyl groups is 6. The van der Waals surface area contributed by atoms with Crippen molar-refractivity contribution in [2.45, 2.75) is 163 Å². The second-order valence-electron chi connectivity index (χ2n) is 31.2. The van der Waals surface area contributed by atoms with Gasteiger partial charge in [0.1, 0.15) is 101 Å². The number of hydrogen-bond acceptors (Lipinski definition) is 30. The van der Waals surface area contributed by atoms with E-state index in [1.807, 2.05) is 13.8 Å². The van der Waals surface area contributed by atoms with E-state index in [1.165, 1.54) is 62.2 Å². The number of carbonyl (C=O) groups excluding carboxylic acids is 9. The SMILES string of the molecule is CN[C@H](CC(C)C)C(=O)N[C@H]1C(=O)N[C@@H](CC(N)=O)C(=O)N[C@H]2C(=O)N[C@H]3C(=O)N[C@H](C(=O)N[C@@H](C(=O)NOCCOC)c4cc(O)cc(O)c4-c4cc3ccc4O)[C@H](O)c3ccc(c(Cl)c3)Oc3cc2cc(c3O[C@@H]2O[C@H](CO)[C@@H](O)[C@H](O)[C@H]2O[C@H]2C[C@](C)(NCCn3ccc(NC(=O)/C=C/c4ccc(Cl)cc4)nc3=O)[C@H](O)[C@H](C)O2)Oc2ccc(cc2Cl)[C@H]1O. The summed E-state index contributed by atoms with van der Waals surface area (Å²) in [6.07, 6.45) is -15.4. The lowest BCUT2D eigenvalue weighted by Gasteiger charge is -2.48. The van der Waals surface area contributed by atoms with Crippen LogP contribution in [-0.4, -0.2) is 228 Å². The summed E-state index contributed by atoms with van der Waals surface area (Å²) in [4.78, 5) is 156. The molecule has 2 fully saturated rings. The lowest BCUT2D eigenvalue weighted by atomic mass is 9.85. The molecule has 14 rings (SSSR count). The van der Waals surface area contributed by atoms with Gasteiger partial charge in [-0.3, -0.25) is 52.6 Å². The summed E-state index contributed by atoms with van der Waals surface area (Å²) in [6, 6.07) is 7.56. The fraction of sp³-hybridized carbons (Fsp3) is 0.393. The number of benzene rings is 6. The summed E-state index contributed by atoms with van der Waals surface area (Å²) in [6.45, 7) is 5.25. The summed E-state index contributed by atoms with van der Waals surface area (Å²) in [5.74, 6) is -16.2. The van der Waals surface area contributed by atoms with Crippen molar-refractivity contribution >= 4 is 99.9 Å². The molecule has 2 saturated heterocycles. The minimum atomic E-state index is -2.40. The lowest BCUT2D eigenvalue weighted by Crippen LogP contribution is -2.65. The van der Waals surface area contributed by atoms with Crippen LogP contribution in [0.1, 0.15) is 111 Å². The molecule has 7 aromatic rings. The molecule has 0 radical (unpaired) electrons. The van der Waals surface area contributed by atoms with Gasteiger partial charge in [0.15, 0.2) is 23.9 Å². The molecule has 40 nitrogen and oxygen atoms in total. The molecule has 678 valence electrons. The maximum absolute atomic E-state index is 16.4. The zero-order valence-electron chi connectivity index (χ0n) is 68.7. The van der Waals surface area contributed by atoms with Gasteiger partial charge in [0, 0.05) is 66.6 Å². The molecule has 9 amide bonds. The number of rotatable bonds is 24. The summed E-state index contributed by atoms with van der Waals surface area (Å²) in [5, 5.41) is 130. The number of nitrogens with one attached hydrogen (secondary N) is 10. The van der Waals surface area contributed by atoms with Crippen molar-refractivity contribution in [1.29, 1.82) is 0 Å². The van der Waals surface area contributed by atoms with Gasteiger partial charge in [-0.2, -0.15) is 4.98 Å². The molecule has 11 bridgehead atoms. The van der Waals surface area contributed by atoms with Crippen LogP contribution in [0.25, 0.3) is 17.2 Å². The average Bonchev–Trinajstić information content (AvgIpc) is 0.767. The Morgan fingerprint density at radius 3 is 2.02 bits per heavy atom. The third-order valence-corrected chi connectivity index (χ3v) is 22.5. The number of phenols is 3. The molecule has 0 aliphatic carbocycles. The van der Waals surface area contributed by atoms with Gasteiger partial charge in [0.25, 0.3) is 5.91 Å². The van der Waals surface area contributed by atoms with Crippen LogP contribution in [0.2, 0.25) is 15.1 Å². The number of hydrogen-bond donors (Lipinski definition) is 20. The predicted octanol–water partition coefficient (Wildman–Crippen LogP) is 1.91. The van der Waals surface area contributed by atoms with E-state index in [0.29, 0.717) is 10.6 Å². The van der Waals surface area contributed by atoms with Gasteiger partial charge in [0.2, 0.25) is 59.3 Å². The minimum absolute atomic E-state index is 0.0358. The smallest absolute Gasteiger partial charge is 0.349 e. The number of phenolic OH excluding ortho intramolecular Hbond substituents is 3. The topological polar surface area (TPSA) is 591 Å². The predicted molar refractivity (Wildman–Crippen MR) is 449 cm³/mol. The van der Waals surface area contributed by atoms with Crippen LogP contribution in [0.4, 0.5) is 5.82 Å². The number of halogens is 3. The van der Waals surface area contributed by atoms with Gasteiger partial charge in [-0.25, -0.2) is 10.3 Å². The maximum atomic E-state index is 16.4. The van der Waals surface area contributed by atoms with E-state index in [9.17, 15) is 69.9 Å². The van der Waals surface area contributed by atoms with Crippen LogP contribution >= 0.6 is 34.8 Å². The number of aliphatic hydroxyl groups excluding tert-OH is 6. The van der Waals surface area contributed by atoms with Crippen LogP contribution in [0, 0.1) is 5.92 Å². The van der Waals surface area contributed by atoms with E-state index in [-0.39, 0.29) is 73.3 Å². The molecular weight excluding hydrogens is 1730 g/mol. The number of fused-ring (bicyclic) bond motifs is 15. The number of methoxy groups -OCH3 is 1. The molecule has 8 heterocycles. The lowest BCUT2D eigenvalue weighted by molar-refractivity contribution is -0.334. The maximum Gasteiger partial charge on any atom is 0.349 e. The Morgan fingerprint density at radius 1 is 0.724 bits per heavy atom. The van der Waals surface area contributed by atoms with Gasteiger partial charge in [-0.05, 0) is 145 Å². The molecule has 6 aromatic carbocycles. The molecular formula is C84H94Cl3N13O27. The number of ether oxygens (including phenoxy) is 7. The van der Waals surface area contributed by atoms with Crippen LogP contribution < -0.4 is 79.0 Å². The fourth-order valence-corrected chi connectivity index (χ4v) is 15.6. The Kier molecular flexibility index (Phi) is 30.5. The first kappa shape index (κ1) is 94.5. The van der Waals surface area contributed by atoms with Crippen molar-refractivity contribution in [2.75, 3.05) is 45.8 Å². The molecule has 7 aliphatic rings. The van der Waals surface area contributed by atoms with E-state index in [4.69, 9.17) is 78.5 Å². The molecule has 0 spiro atoms. The molecule has 1 aromatic heterocycles. The number of primary amides is 1. The first-order chi connectivity index (χ1) is 60.4. The van der Waals surface area contributed by atoms with Crippen molar-refractivity contribution in [3.63, 3.8) is 0 Å². The second kappa shape index (κ2) is 41.0. The number of amides is 9.